The van der Waals surface area contributed by atoms with E-state index in [1.165, 1.54) is 12.6 Å². The average Bonchev–Trinajstić information content (AvgIpc) is 2.27. The number of nitrogens with zero attached hydrogens (tertiary/aromatic N) is 1. The van der Waals surface area contributed by atoms with Crippen molar-refractivity contribution in [3.05, 3.63) is 24.0 Å². The predicted molar refractivity (Wildman–Crippen MR) is 67.8 cm³/mol. The molecule has 1 fully saturated rings. The van der Waals surface area contributed by atoms with Crippen LogP contribution in [0.25, 0.3) is 0 Å². The van der Waals surface area contributed by atoms with Crippen LogP contribution in [0.15, 0.2) is 18.3 Å². The number of pyridine rings is 1. The monoisotopic (exact) mass is 276 g/mol. The minimum Gasteiger partial charge on any atom is -0.384 e. The first-order valence-electron chi connectivity index (χ1n) is 5.77. The maximum atomic E-state index is 12.5. The van der Waals surface area contributed by atoms with Crippen LogP contribution in [0.4, 0.5) is 18.9 Å². The van der Waals surface area contributed by atoms with Gasteiger partial charge in [-0.1, -0.05) is 6.42 Å². The normalized spacial score (nSPS) is 18.2. The van der Waals surface area contributed by atoms with Gasteiger partial charge in [-0.15, -0.1) is 0 Å². The first-order chi connectivity index (χ1) is 8.45. The molecule has 0 unspecified atom stereocenters. The molecular weight excluding hydrogens is 261 g/mol. The van der Waals surface area contributed by atoms with Gasteiger partial charge in [-0.25, -0.2) is 0 Å². The Kier molecular flexibility index (Phi) is 3.75. The summed E-state index contributed by atoms with van der Waals surface area (Å²) < 4.78 is 37.7. The summed E-state index contributed by atoms with van der Waals surface area (Å²) in [5, 5.41) is 3.09. The van der Waals surface area contributed by atoms with Gasteiger partial charge in [0.1, 0.15) is 5.69 Å². The summed E-state index contributed by atoms with van der Waals surface area (Å²) in [5.41, 5.74) is -0.364. The molecule has 0 bridgehead atoms. The van der Waals surface area contributed by atoms with E-state index in [-0.39, 0.29) is 4.75 Å². The summed E-state index contributed by atoms with van der Waals surface area (Å²) in [6.07, 6.45) is 2.31. The van der Waals surface area contributed by atoms with E-state index < -0.39 is 11.9 Å². The smallest absolute Gasteiger partial charge is 0.384 e. The van der Waals surface area contributed by atoms with Crippen LogP contribution in [0.1, 0.15) is 25.0 Å². The van der Waals surface area contributed by atoms with Crippen LogP contribution in [0.2, 0.25) is 0 Å². The van der Waals surface area contributed by atoms with E-state index in [0.29, 0.717) is 12.2 Å². The van der Waals surface area contributed by atoms with Crippen LogP contribution in [-0.2, 0) is 6.18 Å². The number of aromatic nitrogens is 1. The molecule has 0 spiro atoms. The Bertz CT molecular complexity index is 411. The minimum atomic E-state index is -4.38. The SMILES string of the molecule is CSC1(CNc2ccnc(C(F)(F)F)c2)CCC1. The van der Waals surface area contributed by atoms with Crippen LogP contribution in [-0.4, -0.2) is 22.5 Å². The van der Waals surface area contributed by atoms with Crippen LogP contribution in [0.3, 0.4) is 0 Å². The predicted octanol–water partition coefficient (Wildman–Crippen LogP) is 3.80. The van der Waals surface area contributed by atoms with Gasteiger partial charge < -0.3 is 5.32 Å². The molecule has 1 saturated carbocycles. The second-order valence-electron chi connectivity index (χ2n) is 4.52. The average molecular weight is 276 g/mol. The van der Waals surface area contributed by atoms with E-state index in [4.69, 9.17) is 0 Å². The minimum absolute atomic E-state index is 0.196. The fraction of sp³-hybridized carbons (Fsp3) is 0.583. The molecular formula is C12H15F3N2S. The van der Waals surface area contributed by atoms with Gasteiger partial charge in [0.05, 0.1) is 0 Å². The molecule has 2 nitrogen and oxygen atoms in total. The molecule has 1 N–H and O–H groups in total. The lowest BCUT2D eigenvalue weighted by Crippen LogP contribution is -2.40. The zero-order valence-corrected chi connectivity index (χ0v) is 10.9. The van der Waals surface area contributed by atoms with E-state index >= 15 is 0 Å². The van der Waals surface area contributed by atoms with Crippen molar-refractivity contribution in [2.75, 3.05) is 18.1 Å². The van der Waals surface area contributed by atoms with E-state index in [1.807, 2.05) is 0 Å². The molecule has 1 aliphatic rings. The largest absolute Gasteiger partial charge is 0.433 e. The van der Waals surface area contributed by atoms with Gasteiger partial charge in [0.25, 0.3) is 0 Å². The van der Waals surface area contributed by atoms with Crippen molar-refractivity contribution in [2.24, 2.45) is 0 Å². The number of thioether (sulfide) groups is 1. The van der Waals surface area contributed by atoms with Crippen molar-refractivity contribution in [2.45, 2.75) is 30.2 Å². The van der Waals surface area contributed by atoms with Gasteiger partial charge in [0.15, 0.2) is 0 Å². The molecule has 6 heteroatoms. The molecule has 18 heavy (non-hydrogen) atoms. The van der Waals surface area contributed by atoms with Crippen molar-refractivity contribution >= 4 is 17.4 Å². The van der Waals surface area contributed by atoms with E-state index in [2.05, 4.69) is 16.6 Å². The number of alkyl halides is 3. The summed E-state index contributed by atoms with van der Waals surface area (Å²) in [6, 6.07) is 2.63. The topological polar surface area (TPSA) is 24.9 Å². The number of hydrogen-bond donors (Lipinski definition) is 1. The van der Waals surface area contributed by atoms with Gasteiger partial charge in [-0.05, 0) is 31.2 Å². The van der Waals surface area contributed by atoms with Gasteiger partial charge in [0.2, 0.25) is 0 Å². The van der Waals surface area contributed by atoms with E-state index in [0.717, 1.165) is 18.9 Å². The first-order valence-corrected chi connectivity index (χ1v) is 7.00. The van der Waals surface area contributed by atoms with Crippen LogP contribution in [0, 0.1) is 0 Å². The molecule has 0 aromatic carbocycles. The summed E-state index contributed by atoms with van der Waals surface area (Å²) in [4.78, 5) is 3.34. The van der Waals surface area contributed by atoms with Crippen molar-refractivity contribution in [3.63, 3.8) is 0 Å². The zero-order chi connectivity index (χ0) is 13.2. The summed E-state index contributed by atoms with van der Waals surface area (Å²) in [7, 11) is 0. The molecule has 1 heterocycles. The van der Waals surface area contributed by atoms with Crippen molar-refractivity contribution < 1.29 is 13.2 Å². The summed E-state index contributed by atoms with van der Waals surface area (Å²) >= 11 is 1.79. The number of rotatable bonds is 4. The third-order valence-corrected chi connectivity index (χ3v) is 4.78. The standard InChI is InChI=1S/C12H15F3N2S/c1-18-11(4-2-5-11)8-17-9-3-6-16-10(7-9)12(13,14)15/h3,6-7H,2,4-5,8H2,1H3,(H,16,17). The Morgan fingerprint density at radius 1 is 1.44 bits per heavy atom. The third-order valence-electron chi connectivity index (χ3n) is 3.36. The van der Waals surface area contributed by atoms with Crippen molar-refractivity contribution in [3.8, 4) is 0 Å². The lowest BCUT2D eigenvalue weighted by atomic mass is 9.84. The summed E-state index contributed by atoms with van der Waals surface area (Å²) in [6.45, 7) is 0.704. The lowest BCUT2D eigenvalue weighted by Gasteiger charge is -2.40. The molecule has 2 rings (SSSR count). The van der Waals surface area contributed by atoms with Gasteiger partial charge in [0, 0.05) is 23.2 Å². The van der Waals surface area contributed by atoms with Gasteiger partial charge in [-0.3, -0.25) is 4.98 Å². The van der Waals surface area contributed by atoms with Crippen molar-refractivity contribution in [1.82, 2.24) is 4.98 Å². The maximum Gasteiger partial charge on any atom is 0.433 e. The molecule has 100 valence electrons. The lowest BCUT2D eigenvalue weighted by molar-refractivity contribution is -0.141. The van der Waals surface area contributed by atoms with Crippen LogP contribution in [0.5, 0.6) is 0 Å². The Hall–Kier alpha value is -0.910. The summed E-state index contributed by atoms with van der Waals surface area (Å²) in [5.74, 6) is 0. The highest BCUT2D eigenvalue weighted by Crippen LogP contribution is 2.42. The molecule has 1 aromatic heterocycles. The Balaban J connectivity index is 2.01. The molecule has 0 amide bonds. The van der Waals surface area contributed by atoms with E-state index in [9.17, 15) is 13.2 Å². The molecule has 1 aromatic rings. The first kappa shape index (κ1) is 13.5. The van der Waals surface area contributed by atoms with Crippen LogP contribution >= 0.6 is 11.8 Å². The number of nitrogens with one attached hydrogen (secondary N) is 1. The fourth-order valence-corrected chi connectivity index (χ4v) is 2.90. The molecule has 0 atom stereocenters. The van der Waals surface area contributed by atoms with E-state index in [1.54, 1.807) is 17.8 Å². The fourth-order valence-electron chi connectivity index (χ4n) is 1.98. The Morgan fingerprint density at radius 2 is 2.17 bits per heavy atom. The van der Waals surface area contributed by atoms with Crippen LogP contribution < -0.4 is 5.32 Å². The highest BCUT2D eigenvalue weighted by Gasteiger charge is 2.36. The molecule has 0 radical (unpaired) electrons. The number of halogens is 3. The zero-order valence-electron chi connectivity index (χ0n) is 10.0. The highest BCUT2D eigenvalue weighted by molar-refractivity contribution is 8.00. The molecule has 0 aliphatic heterocycles. The third kappa shape index (κ3) is 2.91. The van der Waals surface area contributed by atoms with Gasteiger partial charge >= 0.3 is 6.18 Å². The molecule has 1 aliphatic carbocycles. The Morgan fingerprint density at radius 3 is 2.67 bits per heavy atom. The highest BCUT2D eigenvalue weighted by atomic mass is 32.2. The maximum absolute atomic E-state index is 12.5. The number of hydrogen-bond acceptors (Lipinski definition) is 3. The van der Waals surface area contributed by atoms with Gasteiger partial charge in [-0.2, -0.15) is 24.9 Å². The van der Waals surface area contributed by atoms with Crippen molar-refractivity contribution in [1.29, 1.82) is 0 Å². The number of anilines is 1. The Labute approximate surface area is 108 Å². The second kappa shape index (κ2) is 4.99. The second-order valence-corrected chi connectivity index (χ2v) is 5.80. The quantitative estimate of drug-likeness (QED) is 0.905. The molecule has 0 saturated heterocycles.